The summed E-state index contributed by atoms with van der Waals surface area (Å²) in [6.45, 7) is 1.73. The second kappa shape index (κ2) is 4.88. The lowest BCUT2D eigenvalue weighted by Gasteiger charge is -2.28. The highest BCUT2D eigenvalue weighted by molar-refractivity contribution is 5.80. The van der Waals surface area contributed by atoms with Crippen LogP contribution < -0.4 is 5.32 Å². The van der Waals surface area contributed by atoms with E-state index in [1.165, 1.54) is 24.0 Å². The molecule has 4 rings (SSSR count). The van der Waals surface area contributed by atoms with Crippen LogP contribution in [-0.4, -0.2) is 29.4 Å². The Morgan fingerprint density at radius 3 is 2.80 bits per heavy atom. The molecule has 3 aliphatic rings. The Hall–Kier alpha value is -1.35. The minimum Gasteiger partial charge on any atom is -0.338 e. The van der Waals surface area contributed by atoms with Gasteiger partial charge in [-0.3, -0.25) is 4.79 Å². The van der Waals surface area contributed by atoms with E-state index in [1.54, 1.807) is 0 Å². The predicted octanol–water partition coefficient (Wildman–Crippen LogP) is 2.10. The molecule has 3 unspecified atom stereocenters. The number of fused-ring (bicyclic) bond motifs is 3. The number of aryl methyl sites for hydroxylation is 1. The van der Waals surface area contributed by atoms with Crippen LogP contribution in [0.3, 0.4) is 0 Å². The van der Waals surface area contributed by atoms with Crippen LogP contribution in [0, 0.1) is 5.92 Å². The highest BCUT2D eigenvalue weighted by Crippen LogP contribution is 2.35. The van der Waals surface area contributed by atoms with Crippen molar-refractivity contribution in [3.63, 3.8) is 0 Å². The van der Waals surface area contributed by atoms with Crippen LogP contribution in [0.25, 0.3) is 0 Å². The van der Waals surface area contributed by atoms with Crippen LogP contribution in [0.15, 0.2) is 24.3 Å². The van der Waals surface area contributed by atoms with E-state index in [9.17, 15) is 4.79 Å². The second-order valence-corrected chi connectivity index (χ2v) is 6.52. The minimum absolute atomic E-state index is 0.235. The van der Waals surface area contributed by atoms with Crippen LogP contribution in [-0.2, 0) is 17.8 Å². The molecule has 3 heterocycles. The van der Waals surface area contributed by atoms with E-state index < -0.39 is 0 Å². The average Bonchev–Trinajstić information content (AvgIpc) is 3.03. The lowest BCUT2D eigenvalue weighted by Crippen LogP contribution is -2.40. The molecule has 0 radical (unpaired) electrons. The van der Waals surface area contributed by atoms with Crippen LogP contribution >= 0.6 is 0 Å². The molecule has 0 saturated carbocycles. The Labute approximate surface area is 120 Å². The van der Waals surface area contributed by atoms with Crippen LogP contribution in [0.5, 0.6) is 0 Å². The SMILES string of the molecule is O=C(C1CC2CCC1N2)N1CCCc2ccccc2C1. The molecule has 1 N–H and O–H groups in total. The summed E-state index contributed by atoms with van der Waals surface area (Å²) < 4.78 is 0. The number of benzene rings is 1. The third-order valence-electron chi connectivity index (χ3n) is 5.28. The molecule has 2 bridgehead atoms. The molecule has 0 spiro atoms. The molecule has 3 nitrogen and oxygen atoms in total. The summed E-state index contributed by atoms with van der Waals surface area (Å²) in [7, 11) is 0. The van der Waals surface area contributed by atoms with Crippen molar-refractivity contribution in [3.05, 3.63) is 35.4 Å². The van der Waals surface area contributed by atoms with E-state index in [4.69, 9.17) is 0 Å². The summed E-state index contributed by atoms with van der Waals surface area (Å²) >= 11 is 0. The number of carbonyl (C=O) groups excluding carboxylic acids is 1. The van der Waals surface area contributed by atoms with Crippen molar-refractivity contribution >= 4 is 5.91 Å². The Morgan fingerprint density at radius 1 is 1.20 bits per heavy atom. The first kappa shape index (κ1) is 12.4. The lowest BCUT2D eigenvalue weighted by molar-refractivity contribution is -0.136. The average molecular weight is 270 g/mol. The standard InChI is InChI=1S/C17H22N2O/c20-17(15-10-14-7-8-16(15)18-14)19-9-3-6-12-4-1-2-5-13(12)11-19/h1-2,4-5,14-16,18H,3,6-11H2. The molecule has 1 aromatic rings. The van der Waals surface area contributed by atoms with Gasteiger partial charge in [-0.15, -0.1) is 0 Å². The number of nitrogens with zero attached hydrogens (tertiary/aromatic N) is 1. The molecular weight excluding hydrogens is 248 g/mol. The molecule has 0 aromatic heterocycles. The van der Waals surface area contributed by atoms with Crippen molar-refractivity contribution in [2.75, 3.05) is 6.54 Å². The zero-order valence-corrected chi connectivity index (χ0v) is 11.8. The fourth-order valence-electron chi connectivity index (χ4n) is 4.22. The number of hydrogen-bond donors (Lipinski definition) is 1. The van der Waals surface area contributed by atoms with Gasteiger partial charge in [0.05, 0.1) is 5.92 Å². The van der Waals surface area contributed by atoms with E-state index in [0.29, 0.717) is 18.0 Å². The summed E-state index contributed by atoms with van der Waals surface area (Å²) in [6, 6.07) is 9.64. The van der Waals surface area contributed by atoms with E-state index in [-0.39, 0.29) is 5.92 Å². The van der Waals surface area contributed by atoms with Crippen LogP contribution in [0.1, 0.15) is 36.8 Å². The molecule has 1 aromatic carbocycles. The first-order valence-electron chi connectivity index (χ1n) is 7.93. The van der Waals surface area contributed by atoms with Crippen molar-refractivity contribution in [1.29, 1.82) is 0 Å². The summed E-state index contributed by atoms with van der Waals surface area (Å²) in [4.78, 5) is 14.9. The third kappa shape index (κ3) is 2.05. The summed E-state index contributed by atoms with van der Waals surface area (Å²) in [5, 5.41) is 3.59. The van der Waals surface area contributed by atoms with Gasteiger partial charge in [-0.25, -0.2) is 0 Å². The van der Waals surface area contributed by atoms with Gasteiger partial charge < -0.3 is 10.2 Å². The van der Waals surface area contributed by atoms with Crippen molar-refractivity contribution in [2.24, 2.45) is 5.92 Å². The molecule has 0 aliphatic carbocycles. The number of rotatable bonds is 1. The fraction of sp³-hybridized carbons (Fsp3) is 0.588. The van der Waals surface area contributed by atoms with Gasteiger partial charge in [0.15, 0.2) is 0 Å². The van der Waals surface area contributed by atoms with Gasteiger partial charge in [-0.1, -0.05) is 24.3 Å². The normalized spacial score (nSPS) is 32.0. The van der Waals surface area contributed by atoms with Gasteiger partial charge in [-0.05, 0) is 43.2 Å². The van der Waals surface area contributed by atoms with Gasteiger partial charge in [0.1, 0.15) is 0 Å². The first-order valence-corrected chi connectivity index (χ1v) is 7.93. The maximum atomic E-state index is 12.8. The maximum Gasteiger partial charge on any atom is 0.227 e. The number of nitrogens with one attached hydrogen (secondary N) is 1. The van der Waals surface area contributed by atoms with Crippen LogP contribution in [0.4, 0.5) is 0 Å². The zero-order valence-electron chi connectivity index (χ0n) is 11.8. The van der Waals surface area contributed by atoms with E-state index >= 15 is 0 Å². The Kier molecular flexibility index (Phi) is 3.03. The summed E-state index contributed by atoms with van der Waals surface area (Å²) in [5.41, 5.74) is 2.77. The number of hydrogen-bond acceptors (Lipinski definition) is 2. The summed E-state index contributed by atoms with van der Waals surface area (Å²) in [6.07, 6.45) is 5.70. The van der Waals surface area contributed by atoms with Crippen LogP contribution in [0.2, 0.25) is 0 Å². The minimum atomic E-state index is 0.235. The highest BCUT2D eigenvalue weighted by atomic mass is 16.2. The first-order chi connectivity index (χ1) is 9.81. The molecule has 20 heavy (non-hydrogen) atoms. The highest BCUT2D eigenvalue weighted by Gasteiger charge is 2.44. The third-order valence-corrected chi connectivity index (χ3v) is 5.28. The predicted molar refractivity (Wildman–Crippen MR) is 78.2 cm³/mol. The Bertz CT molecular complexity index is 527. The maximum absolute atomic E-state index is 12.8. The second-order valence-electron chi connectivity index (χ2n) is 6.52. The molecule has 106 valence electrons. The zero-order chi connectivity index (χ0) is 13.5. The Morgan fingerprint density at radius 2 is 2.05 bits per heavy atom. The van der Waals surface area contributed by atoms with Gasteiger partial charge in [-0.2, -0.15) is 0 Å². The van der Waals surface area contributed by atoms with Crippen molar-refractivity contribution in [3.8, 4) is 0 Å². The van der Waals surface area contributed by atoms with Gasteiger partial charge in [0, 0.05) is 25.2 Å². The Balaban J connectivity index is 1.53. The molecule has 1 amide bonds. The van der Waals surface area contributed by atoms with Gasteiger partial charge in [0.2, 0.25) is 5.91 Å². The molecule has 3 atom stereocenters. The topological polar surface area (TPSA) is 32.3 Å². The van der Waals surface area contributed by atoms with Crippen molar-refractivity contribution < 1.29 is 4.79 Å². The van der Waals surface area contributed by atoms with Gasteiger partial charge >= 0.3 is 0 Å². The lowest BCUT2D eigenvalue weighted by atomic mass is 9.88. The molecule has 3 aliphatic heterocycles. The molecule has 2 saturated heterocycles. The molecule has 2 fully saturated rings. The summed E-state index contributed by atoms with van der Waals surface area (Å²) in [5.74, 6) is 0.625. The molecule has 3 heteroatoms. The molecular formula is C17H22N2O. The number of carbonyl (C=O) groups is 1. The largest absolute Gasteiger partial charge is 0.338 e. The van der Waals surface area contributed by atoms with E-state index in [2.05, 4.69) is 34.5 Å². The quantitative estimate of drug-likeness (QED) is 0.847. The van der Waals surface area contributed by atoms with Gasteiger partial charge in [0.25, 0.3) is 0 Å². The fourth-order valence-corrected chi connectivity index (χ4v) is 4.22. The van der Waals surface area contributed by atoms with Crippen molar-refractivity contribution in [2.45, 2.75) is 50.7 Å². The van der Waals surface area contributed by atoms with E-state index in [1.807, 2.05) is 0 Å². The van der Waals surface area contributed by atoms with Crippen molar-refractivity contribution in [1.82, 2.24) is 10.2 Å². The van der Waals surface area contributed by atoms with E-state index in [0.717, 1.165) is 32.4 Å². The smallest absolute Gasteiger partial charge is 0.227 e. The number of amides is 1. The monoisotopic (exact) mass is 270 g/mol.